The van der Waals surface area contributed by atoms with E-state index in [1.807, 2.05) is 0 Å². The van der Waals surface area contributed by atoms with Crippen LogP contribution in [0.1, 0.15) is 43.9 Å². The Morgan fingerprint density at radius 3 is 2.33 bits per heavy atom. The highest BCUT2D eigenvalue weighted by Gasteiger charge is 2.44. The molecule has 8 heteroatoms. The van der Waals surface area contributed by atoms with Crippen LogP contribution in [-0.2, 0) is 15.1 Å². The van der Waals surface area contributed by atoms with Crippen molar-refractivity contribution in [1.29, 1.82) is 0 Å². The number of ketones is 1. The second-order valence-corrected chi connectivity index (χ2v) is 7.31. The molecular formula is C22H22F3NO4. The van der Waals surface area contributed by atoms with Crippen LogP contribution in [0.3, 0.4) is 0 Å². The largest absolute Gasteiger partial charge is 0.437 e. The lowest BCUT2D eigenvalue weighted by Crippen LogP contribution is -2.49. The van der Waals surface area contributed by atoms with Crippen molar-refractivity contribution in [1.82, 2.24) is 4.90 Å². The third-order valence-corrected chi connectivity index (χ3v) is 5.23. The maximum Gasteiger partial charge on any atom is 0.411 e. The molecule has 0 aliphatic carbocycles. The number of carbonyl (C=O) groups excluding carboxylic acids is 2. The molecule has 160 valence electrons. The van der Waals surface area contributed by atoms with Crippen LogP contribution in [0.5, 0.6) is 5.75 Å². The number of amides is 1. The minimum absolute atomic E-state index is 0.00768. The quantitative estimate of drug-likeness (QED) is 0.616. The van der Waals surface area contributed by atoms with Gasteiger partial charge in [-0.15, -0.1) is 0 Å². The minimum Gasteiger partial charge on any atom is -0.437 e. The summed E-state index contributed by atoms with van der Waals surface area (Å²) in [6.07, 6.45) is -0.264. The number of rotatable bonds is 7. The number of benzene rings is 2. The molecule has 0 aromatic heterocycles. The molecule has 0 radical (unpaired) electrons. The van der Waals surface area contributed by atoms with Gasteiger partial charge in [0.05, 0.1) is 12.5 Å². The number of halogens is 3. The third-order valence-electron chi connectivity index (χ3n) is 5.23. The van der Waals surface area contributed by atoms with Crippen LogP contribution in [0.25, 0.3) is 0 Å². The Balaban J connectivity index is 1.78. The molecule has 3 rings (SSSR count). The molecule has 2 aromatic carbocycles. The summed E-state index contributed by atoms with van der Waals surface area (Å²) in [5, 5.41) is 0. The van der Waals surface area contributed by atoms with Crippen LogP contribution < -0.4 is 4.74 Å². The molecular weight excluding hydrogens is 399 g/mol. The van der Waals surface area contributed by atoms with Gasteiger partial charge in [0.15, 0.2) is 0 Å². The number of nitrogens with zero attached hydrogens (tertiary/aromatic N) is 1. The van der Waals surface area contributed by atoms with Crippen LogP contribution in [0, 0.1) is 5.82 Å². The summed E-state index contributed by atoms with van der Waals surface area (Å²) in [5.74, 6) is -0.546. The number of cyclic esters (lactones) is 1. The van der Waals surface area contributed by atoms with Crippen LogP contribution in [0.2, 0.25) is 0 Å². The number of hydrogen-bond donors (Lipinski definition) is 0. The van der Waals surface area contributed by atoms with E-state index in [9.17, 15) is 22.8 Å². The van der Waals surface area contributed by atoms with Gasteiger partial charge in [0.1, 0.15) is 23.0 Å². The first-order chi connectivity index (χ1) is 14.2. The topological polar surface area (TPSA) is 55.8 Å². The average molecular weight is 421 g/mol. The summed E-state index contributed by atoms with van der Waals surface area (Å²) in [7, 11) is 0. The van der Waals surface area contributed by atoms with E-state index in [1.54, 1.807) is 19.1 Å². The lowest BCUT2D eigenvalue weighted by molar-refractivity contribution is -0.126. The van der Waals surface area contributed by atoms with E-state index in [4.69, 9.17) is 4.74 Å². The lowest BCUT2D eigenvalue weighted by atomic mass is 9.84. The van der Waals surface area contributed by atoms with Crippen molar-refractivity contribution in [2.45, 2.75) is 44.9 Å². The zero-order valence-electron chi connectivity index (χ0n) is 16.6. The second-order valence-electron chi connectivity index (χ2n) is 7.31. The van der Waals surface area contributed by atoms with Crippen molar-refractivity contribution in [3.63, 3.8) is 0 Å². The van der Waals surface area contributed by atoms with Crippen LogP contribution in [0.4, 0.5) is 18.0 Å². The molecule has 0 spiro atoms. The zero-order valence-corrected chi connectivity index (χ0v) is 16.6. The predicted octanol–water partition coefficient (Wildman–Crippen LogP) is 5.21. The molecule has 2 aromatic rings. The summed E-state index contributed by atoms with van der Waals surface area (Å²) in [5.41, 5.74) is 0.129. The third kappa shape index (κ3) is 4.75. The predicted molar refractivity (Wildman–Crippen MR) is 103 cm³/mol. The van der Waals surface area contributed by atoms with E-state index >= 15 is 0 Å². The van der Waals surface area contributed by atoms with Gasteiger partial charge in [-0.05, 0) is 49.2 Å². The first-order valence-corrected chi connectivity index (χ1v) is 9.50. The summed E-state index contributed by atoms with van der Waals surface area (Å²) in [6.45, 7) is 0.600. The van der Waals surface area contributed by atoms with Crippen molar-refractivity contribution in [2.24, 2.45) is 0 Å². The Kier molecular flexibility index (Phi) is 6.34. The first-order valence-electron chi connectivity index (χ1n) is 9.50. The van der Waals surface area contributed by atoms with Crippen LogP contribution >= 0.6 is 0 Å². The summed E-state index contributed by atoms with van der Waals surface area (Å²) >= 11 is 0. The average Bonchev–Trinajstić information content (AvgIpc) is 2.67. The van der Waals surface area contributed by atoms with E-state index in [0.717, 1.165) is 5.56 Å². The highest BCUT2D eigenvalue weighted by molar-refractivity contribution is 5.78. The van der Waals surface area contributed by atoms with Gasteiger partial charge >= 0.3 is 12.7 Å². The molecule has 0 N–H and O–H groups in total. The standard InChI is InChI=1S/C22H22F3NO4/c1-14(27)13-22(17-5-7-18(23)8-6-17)11-12-26(21(28)30-22)15(2)16-3-9-19(10-4-16)29-20(24)25/h3-10,15,20H,11-13H2,1-2H3. The Labute approximate surface area is 172 Å². The molecule has 0 saturated carbocycles. The van der Waals surface area contributed by atoms with E-state index in [-0.39, 0.29) is 24.0 Å². The van der Waals surface area contributed by atoms with E-state index in [2.05, 4.69) is 4.74 Å². The van der Waals surface area contributed by atoms with Gasteiger partial charge in [-0.25, -0.2) is 9.18 Å². The van der Waals surface area contributed by atoms with E-state index in [1.165, 1.54) is 48.2 Å². The number of alkyl halides is 2. The highest BCUT2D eigenvalue weighted by atomic mass is 19.3. The molecule has 1 aliphatic heterocycles. The Bertz CT molecular complexity index is 902. The van der Waals surface area contributed by atoms with Crippen molar-refractivity contribution < 1.29 is 32.2 Å². The minimum atomic E-state index is -2.91. The number of Topliss-reactive ketones (excluding diaryl/α,β-unsaturated/α-hetero) is 1. The second kappa shape index (κ2) is 8.77. The number of hydrogen-bond acceptors (Lipinski definition) is 4. The monoisotopic (exact) mass is 421 g/mol. The van der Waals surface area contributed by atoms with Gasteiger partial charge in [-0.1, -0.05) is 24.3 Å². The fraction of sp³-hybridized carbons (Fsp3) is 0.364. The van der Waals surface area contributed by atoms with Crippen molar-refractivity contribution in [3.8, 4) is 5.75 Å². The fourth-order valence-electron chi connectivity index (χ4n) is 3.71. The smallest absolute Gasteiger partial charge is 0.411 e. The molecule has 1 saturated heterocycles. The van der Waals surface area contributed by atoms with Gasteiger partial charge in [-0.2, -0.15) is 8.78 Å². The molecule has 2 atom stereocenters. The van der Waals surface area contributed by atoms with Gasteiger partial charge in [0.25, 0.3) is 0 Å². The Hall–Kier alpha value is -3.03. The number of ether oxygens (including phenoxy) is 2. The number of carbonyl (C=O) groups is 2. The van der Waals surface area contributed by atoms with Gasteiger partial charge in [0.2, 0.25) is 0 Å². The summed E-state index contributed by atoms with van der Waals surface area (Å²) in [4.78, 5) is 26.2. The van der Waals surface area contributed by atoms with Crippen LogP contribution in [0.15, 0.2) is 48.5 Å². The SMILES string of the molecule is CC(=O)CC1(c2ccc(F)cc2)CCN(C(C)c2ccc(OC(F)F)cc2)C(=O)O1. The summed E-state index contributed by atoms with van der Waals surface area (Å²) in [6, 6.07) is 11.2. The van der Waals surface area contributed by atoms with E-state index in [0.29, 0.717) is 18.5 Å². The zero-order chi connectivity index (χ0) is 21.9. The molecule has 30 heavy (non-hydrogen) atoms. The maximum atomic E-state index is 13.3. The van der Waals surface area contributed by atoms with Crippen molar-refractivity contribution in [2.75, 3.05) is 6.54 Å². The first kappa shape index (κ1) is 21.7. The van der Waals surface area contributed by atoms with Crippen LogP contribution in [-0.4, -0.2) is 29.9 Å². The molecule has 2 unspecified atom stereocenters. The van der Waals surface area contributed by atoms with E-state index < -0.39 is 24.1 Å². The molecule has 1 fully saturated rings. The van der Waals surface area contributed by atoms with Gasteiger partial charge in [0, 0.05) is 13.0 Å². The Morgan fingerprint density at radius 2 is 1.80 bits per heavy atom. The fourth-order valence-corrected chi connectivity index (χ4v) is 3.71. The molecule has 1 heterocycles. The maximum absolute atomic E-state index is 13.3. The highest BCUT2D eigenvalue weighted by Crippen LogP contribution is 2.40. The van der Waals surface area contributed by atoms with Gasteiger partial charge < -0.3 is 14.4 Å². The van der Waals surface area contributed by atoms with Crippen molar-refractivity contribution in [3.05, 3.63) is 65.5 Å². The molecule has 5 nitrogen and oxygen atoms in total. The van der Waals surface area contributed by atoms with Gasteiger partial charge in [-0.3, -0.25) is 4.79 Å². The molecule has 1 aliphatic rings. The lowest BCUT2D eigenvalue weighted by Gasteiger charge is -2.43. The normalized spacial score (nSPS) is 20.1. The Morgan fingerprint density at radius 1 is 1.17 bits per heavy atom. The summed E-state index contributed by atoms with van der Waals surface area (Å²) < 4.78 is 48.1. The molecule has 0 bridgehead atoms. The van der Waals surface area contributed by atoms with Crippen molar-refractivity contribution >= 4 is 11.9 Å². The molecule has 1 amide bonds.